The number of nitrogens with zero attached hydrogens (tertiary/aromatic N) is 2. The lowest BCUT2D eigenvalue weighted by atomic mass is 9.76. The molecule has 1 aliphatic heterocycles. The molecule has 1 aromatic heterocycles. The number of fused-ring (bicyclic) bond motifs is 4. The van der Waals surface area contributed by atoms with Crippen molar-refractivity contribution in [2.45, 2.75) is 72.3 Å². The Morgan fingerprint density at radius 3 is 2.38 bits per heavy atom. The highest BCUT2D eigenvalue weighted by Gasteiger charge is 2.28. The van der Waals surface area contributed by atoms with Crippen molar-refractivity contribution in [3.8, 4) is 6.19 Å². The fourth-order valence-electron chi connectivity index (χ4n) is 5.49. The number of para-hydroxylation sites is 1. The molecule has 5 rings (SSSR count). The van der Waals surface area contributed by atoms with Crippen LogP contribution in [0.5, 0.6) is 0 Å². The number of aliphatic hydroxyl groups excluding tert-OH is 1. The van der Waals surface area contributed by atoms with Crippen LogP contribution in [0.1, 0.15) is 68.3 Å². The smallest absolute Gasteiger partial charge is 0.179 e. The third-order valence-electron chi connectivity index (χ3n) is 7.39. The number of aryl methyl sites for hydroxylation is 2. The summed E-state index contributed by atoms with van der Waals surface area (Å²) in [5, 5.41) is 19.6. The van der Waals surface area contributed by atoms with Gasteiger partial charge in [0.15, 0.2) is 6.19 Å². The van der Waals surface area contributed by atoms with Gasteiger partial charge in [-0.2, -0.15) is 5.26 Å². The molecule has 2 atom stereocenters. The first-order valence-corrected chi connectivity index (χ1v) is 13.1. The maximum Gasteiger partial charge on any atom is 0.179 e. The predicted molar refractivity (Wildman–Crippen MR) is 141 cm³/mol. The van der Waals surface area contributed by atoms with Crippen molar-refractivity contribution in [1.82, 2.24) is 9.88 Å². The zero-order chi connectivity index (χ0) is 24.3. The van der Waals surface area contributed by atoms with Gasteiger partial charge in [0.1, 0.15) is 0 Å². The second-order valence-electron chi connectivity index (χ2n) is 9.35. The number of rotatable bonds is 1. The highest BCUT2D eigenvalue weighted by Crippen LogP contribution is 2.35. The number of aliphatic hydroxyl groups is 1. The molecule has 3 aromatic rings. The Labute approximate surface area is 205 Å². The van der Waals surface area contributed by atoms with E-state index in [2.05, 4.69) is 35.4 Å². The van der Waals surface area contributed by atoms with Crippen LogP contribution in [0.25, 0.3) is 10.9 Å². The fourth-order valence-corrected chi connectivity index (χ4v) is 5.49. The van der Waals surface area contributed by atoms with Crippen molar-refractivity contribution >= 4 is 10.9 Å². The largest absolute Gasteiger partial charge is 0.392 e. The Bertz CT molecular complexity index is 1060. The van der Waals surface area contributed by atoms with E-state index in [-0.39, 0.29) is 6.61 Å². The zero-order valence-corrected chi connectivity index (χ0v) is 21.2. The molecule has 2 unspecified atom stereocenters. The van der Waals surface area contributed by atoms with E-state index in [9.17, 15) is 5.26 Å². The molecule has 4 nitrogen and oxygen atoms in total. The predicted octanol–water partition coefficient (Wildman–Crippen LogP) is 6.76. The van der Waals surface area contributed by atoms with Gasteiger partial charge in [0, 0.05) is 29.7 Å². The Hall–Kier alpha value is -2.77. The topological polar surface area (TPSA) is 63.0 Å². The van der Waals surface area contributed by atoms with E-state index in [0.717, 1.165) is 43.0 Å². The van der Waals surface area contributed by atoms with E-state index in [4.69, 9.17) is 5.11 Å². The number of benzene rings is 2. The first-order chi connectivity index (χ1) is 16.7. The quantitative estimate of drug-likeness (QED) is 0.395. The molecule has 2 N–H and O–H groups in total. The van der Waals surface area contributed by atoms with Crippen molar-refractivity contribution in [2.75, 3.05) is 13.1 Å². The number of nitrogens with one attached hydrogen (secondary N) is 1. The van der Waals surface area contributed by atoms with E-state index in [1.807, 2.05) is 49.9 Å². The lowest BCUT2D eigenvalue weighted by molar-refractivity contribution is 0.176. The lowest BCUT2D eigenvalue weighted by Gasteiger charge is -2.34. The molecule has 1 aliphatic carbocycles. The molecule has 0 amide bonds. The minimum Gasteiger partial charge on any atom is -0.392 e. The first-order valence-electron chi connectivity index (χ1n) is 13.1. The second-order valence-corrected chi connectivity index (χ2v) is 9.35. The number of hydrogen-bond acceptors (Lipinski definition) is 3. The SMILES string of the molecule is CC.Cc1ccccc1CO.N#CN1CCc2c([nH]c3ccccc23)CCC2CCCCC2C1. The average Bonchev–Trinajstić information content (AvgIpc) is 3.25. The monoisotopic (exact) mass is 459 g/mol. The molecule has 182 valence electrons. The standard InChI is InChI=1S/C20H25N3.C8H10O.C2H6/c21-14-23-12-11-18-17-7-3-4-8-19(17)22-20(18)10-9-15-5-1-2-6-16(15)13-23;1-7-4-2-3-5-8(7)6-9;1-2/h3-4,7-8,15-16,22H,1-2,5-6,9-13H2;2-5,9H,6H2,1H3;1-2H3. The molecule has 2 aliphatic rings. The maximum absolute atomic E-state index is 9.54. The highest BCUT2D eigenvalue weighted by molar-refractivity contribution is 5.84. The van der Waals surface area contributed by atoms with Crippen LogP contribution in [0.15, 0.2) is 48.5 Å². The van der Waals surface area contributed by atoms with Gasteiger partial charge in [0.25, 0.3) is 0 Å². The summed E-state index contributed by atoms with van der Waals surface area (Å²) in [5.74, 6) is 1.51. The summed E-state index contributed by atoms with van der Waals surface area (Å²) in [4.78, 5) is 5.67. The number of H-pyrrole nitrogens is 1. The molecule has 0 spiro atoms. The Morgan fingerprint density at radius 1 is 0.971 bits per heavy atom. The molecule has 4 heteroatoms. The van der Waals surface area contributed by atoms with Crippen LogP contribution in [0, 0.1) is 30.2 Å². The Morgan fingerprint density at radius 2 is 1.68 bits per heavy atom. The summed E-state index contributed by atoms with van der Waals surface area (Å²) in [6, 6.07) is 16.4. The fraction of sp³-hybridized carbons (Fsp3) is 0.500. The number of aromatic nitrogens is 1. The summed E-state index contributed by atoms with van der Waals surface area (Å²) in [7, 11) is 0. The molecule has 34 heavy (non-hydrogen) atoms. The Balaban J connectivity index is 0.000000248. The molecule has 0 radical (unpaired) electrons. The van der Waals surface area contributed by atoms with E-state index in [1.165, 1.54) is 54.3 Å². The van der Waals surface area contributed by atoms with Gasteiger partial charge in [-0.25, -0.2) is 0 Å². The zero-order valence-electron chi connectivity index (χ0n) is 21.2. The highest BCUT2D eigenvalue weighted by atomic mass is 16.3. The molecule has 1 saturated carbocycles. The second kappa shape index (κ2) is 13.2. The molecular formula is C30H41N3O. The van der Waals surface area contributed by atoms with Crippen LogP contribution < -0.4 is 0 Å². The summed E-state index contributed by atoms with van der Waals surface area (Å²) in [6.07, 6.45) is 11.2. The molecule has 0 bridgehead atoms. The summed E-state index contributed by atoms with van der Waals surface area (Å²) in [6.45, 7) is 7.96. The maximum atomic E-state index is 9.54. The third kappa shape index (κ3) is 6.42. The van der Waals surface area contributed by atoms with Gasteiger partial charge in [-0.15, -0.1) is 0 Å². The molecule has 0 saturated heterocycles. The van der Waals surface area contributed by atoms with E-state index in [0.29, 0.717) is 5.92 Å². The van der Waals surface area contributed by atoms with Crippen molar-refractivity contribution < 1.29 is 5.11 Å². The summed E-state index contributed by atoms with van der Waals surface area (Å²) < 4.78 is 0. The lowest BCUT2D eigenvalue weighted by Crippen LogP contribution is -2.34. The third-order valence-corrected chi connectivity index (χ3v) is 7.39. The number of aromatic amines is 1. The van der Waals surface area contributed by atoms with Gasteiger partial charge in [-0.05, 0) is 67.2 Å². The van der Waals surface area contributed by atoms with E-state index < -0.39 is 0 Å². The van der Waals surface area contributed by atoms with Gasteiger partial charge in [-0.3, -0.25) is 0 Å². The van der Waals surface area contributed by atoms with Gasteiger partial charge >= 0.3 is 0 Å². The van der Waals surface area contributed by atoms with Crippen molar-refractivity contribution in [1.29, 1.82) is 5.26 Å². The van der Waals surface area contributed by atoms with Gasteiger partial charge in [-0.1, -0.05) is 75.6 Å². The van der Waals surface area contributed by atoms with Crippen LogP contribution in [-0.2, 0) is 19.4 Å². The van der Waals surface area contributed by atoms with Gasteiger partial charge in [0.2, 0.25) is 0 Å². The van der Waals surface area contributed by atoms with Crippen LogP contribution in [0.3, 0.4) is 0 Å². The minimum absolute atomic E-state index is 0.146. The molecule has 2 heterocycles. The van der Waals surface area contributed by atoms with E-state index in [1.54, 1.807) is 0 Å². The summed E-state index contributed by atoms with van der Waals surface area (Å²) in [5.41, 5.74) is 6.27. The number of hydrogen-bond donors (Lipinski definition) is 2. The molecular weight excluding hydrogens is 418 g/mol. The van der Waals surface area contributed by atoms with Crippen molar-refractivity contribution in [3.63, 3.8) is 0 Å². The first kappa shape index (κ1) is 25.8. The van der Waals surface area contributed by atoms with Crippen LogP contribution in [-0.4, -0.2) is 28.1 Å². The van der Waals surface area contributed by atoms with Crippen LogP contribution in [0.4, 0.5) is 0 Å². The van der Waals surface area contributed by atoms with Crippen LogP contribution >= 0.6 is 0 Å². The van der Waals surface area contributed by atoms with Gasteiger partial charge < -0.3 is 15.0 Å². The molecule has 2 aromatic carbocycles. The van der Waals surface area contributed by atoms with Crippen molar-refractivity contribution in [3.05, 3.63) is 70.9 Å². The summed E-state index contributed by atoms with van der Waals surface area (Å²) >= 11 is 0. The van der Waals surface area contributed by atoms with Gasteiger partial charge in [0.05, 0.1) is 6.61 Å². The molecule has 1 fully saturated rings. The average molecular weight is 460 g/mol. The Kier molecular flexibility index (Phi) is 10.0. The normalized spacial score (nSPS) is 19.9. The van der Waals surface area contributed by atoms with Crippen molar-refractivity contribution in [2.24, 2.45) is 11.8 Å². The number of nitriles is 1. The minimum atomic E-state index is 0.146. The van der Waals surface area contributed by atoms with E-state index >= 15 is 0 Å². The van der Waals surface area contributed by atoms with Crippen LogP contribution in [0.2, 0.25) is 0 Å².